The zero-order chi connectivity index (χ0) is 17.2. The average Bonchev–Trinajstić information content (AvgIpc) is 2.51. The van der Waals surface area contributed by atoms with E-state index in [4.69, 9.17) is 23.2 Å². The molecule has 4 nitrogen and oxygen atoms in total. The van der Waals surface area contributed by atoms with E-state index in [1.54, 1.807) is 23.9 Å². The molecule has 0 fully saturated rings. The summed E-state index contributed by atoms with van der Waals surface area (Å²) in [5.41, 5.74) is 0.312. The Labute approximate surface area is 151 Å². The molecular formula is C16H22Cl2N2O2S. The van der Waals surface area contributed by atoms with Crippen molar-refractivity contribution < 1.29 is 9.59 Å². The minimum atomic E-state index is -0.571. The maximum Gasteiger partial charge on any atom is 0.253 e. The Morgan fingerprint density at radius 2 is 2.04 bits per heavy atom. The van der Waals surface area contributed by atoms with Crippen molar-refractivity contribution >= 4 is 46.8 Å². The predicted octanol–water partition coefficient (Wildman–Crippen LogP) is 3.76. The lowest BCUT2D eigenvalue weighted by atomic mass is 10.1. The van der Waals surface area contributed by atoms with E-state index in [1.165, 1.54) is 6.07 Å². The van der Waals surface area contributed by atoms with Crippen molar-refractivity contribution in [2.45, 2.75) is 32.2 Å². The maximum absolute atomic E-state index is 12.4. The van der Waals surface area contributed by atoms with E-state index < -0.39 is 6.04 Å². The molecule has 0 heterocycles. The monoisotopic (exact) mass is 376 g/mol. The Balaban J connectivity index is 2.74. The van der Waals surface area contributed by atoms with Gasteiger partial charge in [-0.3, -0.25) is 9.59 Å². The fourth-order valence-electron chi connectivity index (χ4n) is 1.93. The first-order valence-corrected chi connectivity index (χ1v) is 9.67. The third-order valence-electron chi connectivity index (χ3n) is 3.24. The third-order valence-corrected chi connectivity index (χ3v) is 4.43. The third kappa shape index (κ3) is 7.02. The van der Waals surface area contributed by atoms with Crippen LogP contribution in [0.2, 0.25) is 10.0 Å². The second-order valence-electron chi connectivity index (χ2n) is 5.08. The number of carbonyl (C=O) groups excluding carboxylic acids is 2. The first kappa shape index (κ1) is 20.1. The molecule has 1 aromatic rings. The molecular weight excluding hydrogens is 355 g/mol. The van der Waals surface area contributed by atoms with Crippen LogP contribution in [0.15, 0.2) is 18.2 Å². The molecule has 7 heteroatoms. The highest BCUT2D eigenvalue weighted by atomic mass is 35.5. The van der Waals surface area contributed by atoms with Gasteiger partial charge < -0.3 is 10.6 Å². The van der Waals surface area contributed by atoms with Crippen LogP contribution in [-0.2, 0) is 4.79 Å². The summed E-state index contributed by atoms with van der Waals surface area (Å²) in [7, 11) is 0. The summed E-state index contributed by atoms with van der Waals surface area (Å²) >= 11 is 13.5. The SMILES string of the molecule is CCCCNC(=O)C(CCSC)NC(=O)c1ccc(Cl)cc1Cl. The zero-order valence-corrected chi connectivity index (χ0v) is 15.7. The van der Waals surface area contributed by atoms with Crippen molar-refractivity contribution in [2.75, 3.05) is 18.6 Å². The highest BCUT2D eigenvalue weighted by Gasteiger charge is 2.21. The first-order chi connectivity index (χ1) is 11.0. The van der Waals surface area contributed by atoms with Crippen molar-refractivity contribution in [3.8, 4) is 0 Å². The summed E-state index contributed by atoms with van der Waals surface area (Å²) in [5.74, 6) is 0.245. The van der Waals surface area contributed by atoms with Crippen LogP contribution < -0.4 is 10.6 Å². The minimum Gasteiger partial charge on any atom is -0.354 e. The molecule has 1 atom stereocenters. The van der Waals surface area contributed by atoms with E-state index >= 15 is 0 Å². The Kier molecular flexibility index (Phi) is 9.44. The van der Waals surface area contributed by atoms with Gasteiger partial charge in [0, 0.05) is 11.6 Å². The normalized spacial score (nSPS) is 11.8. The molecule has 1 unspecified atom stereocenters. The maximum atomic E-state index is 12.4. The number of carbonyl (C=O) groups is 2. The van der Waals surface area contributed by atoms with Gasteiger partial charge in [0.1, 0.15) is 6.04 Å². The highest BCUT2D eigenvalue weighted by Crippen LogP contribution is 2.21. The van der Waals surface area contributed by atoms with Crippen LogP contribution in [0.5, 0.6) is 0 Å². The Morgan fingerprint density at radius 1 is 1.30 bits per heavy atom. The quantitative estimate of drug-likeness (QED) is 0.645. The van der Waals surface area contributed by atoms with Gasteiger partial charge in [-0.25, -0.2) is 0 Å². The predicted molar refractivity (Wildman–Crippen MR) is 98.6 cm³/mol. The topological polar surface area (TPSA) is 58.2 Å². The molecule has 0 saturated carbocycles. The second kappa shape index (κ2) is 10.8. The van der Waals surface area contributed by atoms with Crippen molar-refractivity contribution in [1.29, 1.82) is 0 Å². The number of halogens is 2. The van der Waals surface area contributed by atoms with E-state index in [1.807, 2.05) is 6.26 Å². The zero-order valence-electron chi connectivity index (χ0n) is 13.3. The number of amides is 2. The number of hydrogen-bond donors (Lipinski definition) is 2. The molecule has 2 N–H and O–H groups in total. The molecule has 1 aromatic carbocycles. The largest absolute Gasteiger partial charge is 0.354 e. The Hall–Kier alpha value is -0.910. The average molecular weight is 377 g/mol. The lowest BCUT2D eigenvalue weighted by Crippen LogP contribution is -2.47. The molecule has 0 aliphatic carbocycles. The first-order valence-electron chi connectivity index (χ1n) is 7.52. The van der Waals surface area contributed by atoms with Crippen LogP contribution in [0.1, 0.15) is 36.5 Å². The number of hydrogen-bond acceptors (Lipinski definition) is 3. The molecule has 0 saturated heterocycles. The van der Waals surface area contributed by atoms with E-state index in [0.717, 1.165) is 18.6 Å². The van der Waals surface area contributed by atoms with E-state index in [0.29, 0.717) is 23.6 Å². The molecule has 0 aliphatic rings. The van der Waals surface area contributed by atoms with Gasteiger partial charge in [0.05, 0.1) is 10.6 Å². The summed E-state index contributed by atoms with van der Waals surface area (Å²) < 4.78 is 0. The molecule has 0 aromatic heterocycles. The smallest absolute Gasteiger partial charge is 0.253 e. The van der Waals surface area contributed by atoms with Crippen molar-refractivity contribution in [1.82, 2.24) is 10.6 Å². The van der Waals surface area contributed by atoms with Gasteiger partial charge in [-0.1, -0.05) is 36.5 Å². The van der Waals surface area contributed by atoms with Gasteiger partial charge in [0.25, 0.3) is 5.91 Å². The van der Waals surface area contributed by atoms with Crippen molar-refractivity contribution in [2.24, 2.45) is 0 Å². The standard InChI is InChI=1S/C16H22Cl2N2O2S/c1-3-4-8-19-16(22)14(7-9-23-2)20-15(21)12-6-5-11(17)10-13(12)18/h5-6,10,14H,3-4,7-9H2,1-2H3,(H,19,22)(H,20,21). The summed E-state index contributed by atoms with van der Waals surface area (Å²) in [5, 5.41) is 6.35. The van der Waals surface area contributed by atoms with Gasteiger partial charge in [-0.15, -0.1) is 0 Å². The second-order valence-corrected chi connectivity index (χ2v) is 6.91. The highest BCUT2D eigenvalue weighted by molar-refractivity contribution is 7.98. The van der Waals surface area contributed by atoms with Crippen LogP contribution in [0.3, 0.4) is 0 Å². The summed E-state index contributed by atoms with van der Waals surface area (Å²) in [6.07, 6.45) is 4.44. The molecule has 1 rings (SSSR count). The molecule has 2 amide bonds. The van der Waals surface area contributed by atoms with Gasteiger partial charge in [0.2, 0.25) is 5.91 Å². The van der Waals surface area contributed by atoms with Crippen LogP contribution >= 0.6 is 35.0 Å². The lowest BCUT2D eigenvalue weighted by molar-refractivity contribution is -0.123. The van der Waals surface area contributed by atoms with Gasteiger partial charge in [-0.2, -0.15) is 11.8 Å². The summed E-state index contributed by atoms with van der Waals surface area (Å²) in [4.78, 5) is 24.6. The van der Waals surface area contributed by atoms with Crippen LogP contribution in [0.4, 0.5) is 0 Å². The molecule has 128 valence electrons. The van der Waals surface area contributed by atoms with Crippen molar-refractivity contribution in [3.63, 3.8) is 0 Å². The molecule has 0 aliphatic heterocycles. The number of benzene rings is 1. The van der Waals surface area contributed by atoms with Crippen LogP contribution in [-0.4, -0.2) is 36.4 Å². The van der Waals surface area contributed by atoms with E-state index in [2.05, 4.69) is 17.6 Å². The fraction of sp³-hybridized carbons (Fsp3) is 0.500. The minimum absolute atomic E-state index is 0.161. The lowest BCUT2D eigenvalue weighted by Gasteiger charge is -2.18. The number of thioether (sulfide) groups is 1. The van der Waals surface area contributed by atoms with Crippen LogP contribution in [0, 0.1) is 0 Å². The van der Waals surface area contributed by atoms with Gasteiger partial charge in [-0.05, 0) is 43.0 Å². The van der Waals surface area contributed by atoms with Gasteiger partial charge in [0.15, 0.2) is 0 Å². The molecule has 0 bridgehead atoms. The summed E-state index contributed by atoms with van der Waals surface area (Å²) in [6.45, 7) is 2.67. The molecule has 23 heavy (non-hydrogen) atoms. The van der Waals surface area contributed by atoms with Gasteiger partial charge >= 0.3 is 0 Å². The van der Waals surface area contributed by atoms with Crippen molar-refractivity contribution in [3.05, 3.63) is 33.8 Å². The summed E-state index contributed by atoms with van der Waals surface area (Å²) in [6, 6.07) is 4.09. The number of nitrogens with one attached hydrogen (secondary N) is 2. The molecule has 0 radical (unpaired) electrons. The van der Waals surface area contributed by atoms with E-state index in [9.17, 15) is 9.59 Å². The molecule has 0 spiro atoms. The number of rotatable bonds is 9. The number of unbranched alkanes of at least 4 members (excludes halogenated alkanes) is 1. The Bertz CT molecular complexity index is 541. The van der Waals surface area contributed by atoms with E-state index in [-0.39, 0.29) is 16.8 Å². The Morgan fingerprint density at radius 3 is 2.65 bits per heavy atom. The fourth-order valence-corrected chi connectivity index (χ4v) is 2.89. The van der Waals surface area contributed by atoms with Crippen LogP contribution in [0.25, 0.3) is 0 Å².